The SMILES string of the molecule is CCOc1ccc(NC(=O)C(C)N2C(=O)COc3ccc(C(C)=O)cc32)cc1OCC. The van der Waals surface area contributed by atoms with E-state index in [0.717, 1.165) is 0 Å². The lowest BCUT2D eigenvalue weighted by atomic mass is 10.1. The number of nitrogens with one attached hydrogen (secondary N) is 1. The van der Waals surface area contributed by atoms with Gasteiger partial charge in [-0.25, -0.2) is 0 Å². The molecule has 1 N–H and O–H groups in total. The molecule has 0 saturated heterocycles. The molecular weight excluding hydrogens is 400 g/mol. The number of ether oxygens (including phenoxy) is 3. The maximum atomic E-state index is 13.0. The zero-order valence-corrected chi connectivity index (χ0v) is 18.1. The van der Waals surface area contributed by atoms with Crippen LogP contribution in [0.5, 0.6) is 17.2 Å². The summed E-state index contributed by atoms with van der Waals surface area (Å²) < 4.78 is 16.6. The fourth-order valence-corrected chi connectivity index (χ4v) is 3.31. The van der Waals surface area contributed by atoms with Gasteiger partial charge in [0.2, 0.25) is 5.91 Å². The van der Waals surface area contributed by atoms with Crippen LogP contribution in [0.4, 0.5) is 11.4 Å². The summed E-state index contributed by atoms with van der Waals surface area (Å²) in [5.74, 6) is 0.663. The Morgan fingerprint density at radius 1 is 1.10 bits per heavy atom. The van der Waals surface area contributed by atoms with Gasteiger partial charge in [0.15, 0.2) is 23.9 Å². The van der Waals surface area contributed by atoms with Crippen LogP contribution in [0.15, 0.2) is 36.4 Å². The second kappa shape index (κ2) is 9.51. The fourth-order valence-electron chi connectivity index (χ4n) is 3.31. The van der Waals surface area contributed by atoms with E-state index >= 15 is 0 Å². The van der Waals surface area contributed by atoms with Crippen LogP contribution >= 0.6 is 0 Å². The first-order chi connectivity index (χ1) is 14.8. The van der Waals surface area contributed by atoms with E-state index < -0.39 is 6.04 Å². The molecule has 1 atom stereocenters. The first-order valence-electron chi connectivity index (χ1n) is 10.2. The highest BCUT2D eigenvalue weighted by atomic mass is 16.5. The monoisotopic (exact) mass is 426 g/mol. The van der Waals surface area contributed by atoms with E-state index in [1.807, 2.05) is 13.8 Å². The number of anilines is 2. The van der Waals surface area contributed by atoms with E-state index in [0.29, 0.717) is 47.4 Å². The van der Waals surface area contributed by atoms with E-state index in [1.54, 1.807) is 43.3 Å². The van der Waals surface area contributed by atoms with Crippen LogP contribution in [0.1, 0.15) is 38.1 Å². The van der Waals surface area contributed by atoms with Gasteiger partial charge in [0.1, 0.15) is 11.8 Å². The van der Waals surface area contributed by atoms with Gasteiger partial charge in [-0.3, -0.25) is 19.3 Å². The lowest BCUT2D eigenvalue weighted by Crippen LogP contribution is -2.49. The first-order valence-corrected chi connectivity index (χ1v) is 10.2. The minimum absolute atomic E-state index is 0.143. The molecule has 0 radical (unpaired) electrons. The zero-order valence-electron chi connectivity index (χ0n) is 18.1. The number of benzene rings is 2. The third-order valence-electron chi connectivity index (χ3n) is 4.82. The molecular formula is C23H26N2O6. The minimum Gasteiger partial charge on any atom is -0.490 e. The molecule has 8 heteroatoms. The second-order valence-electron chi connectivity index (χ2n) is 6.98. The van der Waals surface area contributed by atoms with Crippen molar-refractivity contribution in [1.29, 1.82) is 0 Å². The highest BCUT2D eigenvalue weighted by Gasteiger charge is 2.33. The number of nitrogens with zero attached hydrogens (tertiary/aromatic N) is 1. The highest BCUT2D eigenvalue weighted by molar-refractivity contribution is 6.08. The van der Waals surface area contributed by atoms with Crippen molar-refractivity contribution in [2.75, 3.05) is 30.0 Å². The van der Waals surface area contributed by atoms with Gasteiger partial charge >= 0.3 is 0 Å². The summed E-state index contributed by atoms with van der Waals surface area (Å²) in [5.41, 5.74) is 1.35. The summed E-state index contributed by atoms with van der Waals surface area (Å²) >= 11 is 0. The third-order valence-corrected chi connectivity index (χ3v) is 4.82. The summed E-state index contributed by atoms with van der Waals surface area (Å²) in [5, 5.41) is 2.82. The summed E-state index contributed by atoms with van der Waals surface area (Å²) in [6.45, 7) is 7.56. The number of Topliss-reactive ketones (excluding diaryl/α,β-unsaturated/α-hetero) is 1. The Morgan fingerprint density at radius 3 is 2.48 bits per heavy atom. The van der Waals surface area contributed by atoms with Crippen LogP contribution in [0.25, 0.3) is 0 Å². The van der Waals surface area contributed by atoms with Gasteiger partial charge in [0.25, 0.3) is 5.91 Å². The summed E-state index contributed by atoms with van der Waals surface area (Å²) in [6.07, 6.45) is 0. The lowest BCUT2D eigenvalue weighted by molar-refractivity contribution is -0.125. The minimum atomic E-state index is -0.834. The van der Waals surface area contributed by atoms with Crippen molar-refractivity contribution >= 4 is 29.0 Å². The standard InChI is InChI=1S/C23H26N2O6/c1-5-29-20-10-8-17(12-21(20)30-6-2)24-23(28)14(3)25-18-11-16(15(4)26)7-9-19(18)31-13-22(25)27/h7-12,14H,5-6,13H2,1-4H3,(H,24,28). The van der Waals surface area contributed by atoms with Gasteiger partial charge in [-0.05, 0) is 58.0 Å². The molecule has 2 amide bonds. The van der Waals surface area contributed by atoms with E-state index in [2.05, 4.69) is 5.32 Å². The van der Waals surface area contributed by atoms with Gasteiger partial charge in [-0.15, -0.1) is 0 Å². The molecule has 1 unspecified atom stereocenters. The predicted octanol–water partition coefficient (Wildman–Crippen LogP) is 3.44. The largest absolute Gasteiger partial charge is 0.490 e. The Balaban J connectivity index is 1.85. The molecule has 0 fully saturated rings. The van der Waals surface area contributed by atoms with Crippen LogP contribution in [-0.4, -0.2) is 43.5 Å². The fraction of sp³-hybridized carbons (Fsp3) is 0.348. The quantitative estimate of drug-likeness (QED) is 0.650. The maximum absolute atomic E-state index is 13.0. The number of amides is 2. The van der Waals surface area contributed by atoms with Crippen LogP contribution in [0, 0.1) is 0 Å². The molecule has 2 aromatic rings. The Morgan fingerprint density at radius 2 is 1.81 bits per heavy atom. The van der Waals surface area contributed by atoms with Gasteiger partial charge < -0.3 is 19.5 Å². The van der Waals surface area contributed by atoms with E-state index in [1.165, 1.54) is 11.8 Å². The number of carbonyl (C=O) groups excluding carboxylic acids is 3. The molecule has 1 heterocycles. The Kier molecular flexibility index (Phi) is 6.79. The van der Waals surface area contributed by atoms with Gasteiger partial charge in [-0.1, -0.05) is 0 Å². The number of hydrogen-bond donors (Lipinski definition) is 1. The topological polar surface area (TPSA) is 94.2 Å². The summed E-state index contributed by atoms with van der Waals surface area (Å²) in [7, 11) is 0. The maximum Gasteiger partial charge on any atom is 0.265 e. The number of rotatable bonds is 8. The van der Waals surface area contributed by atoms with Crippen molar-refractivity contribution < 1.29 is 28.6 Å². The van der Waals surface area contributed by atoms with Crippen LogP contribution in [0.3, 0.4) is 0 Å². The van der Waals surface area contributed by atoms with Gasteiger partial charge in [0.05, 0.1) is 18.9 Å². The summed E-state index contributed by atoms with van der Waals surface area (Å²) in [6, 6.07) is 9.13. The Bertz CT molecular complexity index is 1000. The third kappa shape index (κ3) is 4.79. The van der Waals surface area contributed by atoms with Crippen molar-refractivity contribution in [2.45, 2.75) is 33.7 Å². The average Bonchev–Trinajstić information content (AvgIpc) is 2.74. The number of hydrogen-bond acceptors (Lipinski definition) is 6. The average molecular weight is 426 g/mol. The molecule has 8 nitrogen and oxygen atoms in total. The molecule has 0 bridgehead atoms. The normalized spacial score (nSPS) is 13.7. The Labute approximate surface area is 181 Å². The smallest absolute Gasteiger partial charge is 0.265 e. The van der Waals surface area contributed by atoms with Crippen molar-refractivity contribution in [2.24, 2.45) is 0 Å². The lowest BCUT2D eigenvalue weighted by Gasteiger charge is -2.33. The molecule has 164 valence electrons. The van der Waals surface area contributed by atoms with Crippen molar-refractivity contribution in [1.82, 2.24) is 0 Å². The number of ketones is 1. The molecule has 1 aliphatic heterocycles. The van der Waals surface area contributed by atoms with Crippen LogP contribution < -0.4 is 24.4 Å². The molecule has 3 rings (SSSR count). The van der Waals surface area contributed by atoms with Crippen molar-refractivity contribution in [3.05, 3.63) is 42.0 Å². The van der Waals surface area contributed by atoms with Gasteiger partial charge in [0, 0.05) is 17.3 Å². The van der Waals surface area contributed by atoms with Crippen molar-refractivity contribution in [3.63, 3.8) is 0 Å². The van der Waals surface area contributed by atoms with Crippen LogP contribution in [0.2, 0.25) is 0 Å². The second-order valence-corrected chi connectivity index (χ2v) is 6.98. The van der Waals surface area contributed by atoms with E-state index in [4.69, 9.17) is 14.2 Å². The molecule has 0 aliphatic carbocycles. The summed E-state index contributed by atoms with van der Waals surface area (Å²) in [4.78, 5) is 38.7. The molecule has 2 aromatic carbocycles. The molecule has 0 aromatic heterocycles. The van der Waals surface area contributed by atoms with Gasteiger partial charge in [-0.2, -0.15) is 0 Å². The first kappa shape index (κ1) is 22.1. The molecule has 1 aliphatic rings. The number of carbonyl (C=O) groups is 3. The van der Waals surface area contributed by atoms with Crippen molar-refractivity contribution in [3.8, 4) is 17.2 Å². The molecule has 31 heavy (non-hydrogen) atoms. The number of fused-ring (bicyclic) bond motifs is 1. The van der Waals surface area contributed by atoms with E-state index in [-0.39, 0.29) is 24.2 Å². The van der Waals surface area contributed by atoms with Crippen LogP contribution in [-0.2, 0) is 9.59 Å². The Hall–Kier alpha value is -3.55. The molecule has 0 saturated carbocycles. The van der Waals surface area contributed by atoms with E-state index in [9.17, 15) is 14.4 Å². The zero-order chi connectivity index (χ0) is 22.5. The molecule has 0 spiro atoms. The highest BCUT2D eigenvalue weighted by Crippen LogP contribution is 2.35. The predicted molar refractivity (Wildman–Crippen MR) is 116 cm³/mol.